The number of nitrogens with zero attached hydrogens (tertiary/aromatic N) is 1. The van der Waals surface area contributed by atoms with Gasteiger partial charge in [0, 0.05) is 11.4 Å². The van der Waals surface area contributed by atoms with Crippen LogP contribution in [0, 0.1) is 5.92 Å². The molecule has 1 aliphatic heterocycles. The molecule has 1 aromatic heterocycles. The highest BCUT2D eigenvalue weighted by molar-refractivity contribution is 7.09. The van der Waals surface area contributed by atoms with Crippen LogP contribution in [0.1, 0.15) is 30.5 Å². The minimum absolute atomic E-state index is 0.304. The van der Waals surface area contributed by atoms with Crippen LogP contribution in [0.5, 0.6) is 0 Å². The number of hydrogen-bond acceptors (Lipinski definition) is 4. The van der Waals surface area contributed by atoms with E-state index < -0.39 is 0 Å². The predicted molar refractivity (Wildman–Crippen MR) is 62.2 cm³/mol. The van der Waals surface area contributed by atoms with Crippen molar-refractivity contribution >= 4 is 11.3 Å². The molecule has 2 heterocycles. The Kier molecular flexibility index (Phi) is 3.72. The van der Waals surface area contributed by atoms with E-state index in [-0.39, 0.29) is 0 Å². The lowest BCUT2D eigenvalue weighted by atomic mass is 10.1. The van der Waals surface area contributed by atoms with Crippen LogP contribution in [0.4, 0.5) is 0 Å². The van der Waals surface area contributed by atoms with Gasteiger partial charge in [0.2, 0.25) is 0 Å². The van der Waals surface area contributed by atoms with Crippen LogP contribution in [0.3, 0.4) is 0 Å². The number of ether oxygens (including phenoxy) is 1. The maximum Gasteiger partial charge on any atom is 0.0798 e. The fourth-order valence-electron chi connectivity index (χ4n) is 1.83. The lowest BCUT2D eigenvalue weighted by Gasteiger charge is -2.23. The Morgan fingerprint density at radius 2 is 2.53 bits per heavy atom. The van der Waals surface area contributed by atoms with Gasteiger partial charge in [-0.15, -0.1) is 11.3 Å². The molecule has 84 valence electrons. The van der Waals surface area contributed by atoms with E-state index in [1.807, 2.05) is 5.51 Å². The second-order valence-corrected chi connectivity index (χ2v) is 5.28. The predicted octanol–water partition coefficient (Wildman–Crippen LogP) is 2.00. The maximum atomic E-state index is 5.47. The molecule has 1 fully saturated rings. The minimum Gasteiger partial charge on any atom is -0.378 e. The second-order valence-electron chi connectivity index (χ2n) is 4.34. The van der Waals surface area contributed by atoms with Crippen molar-refractivity contribution in [2.24, 2.45) is 5.92 Å². The van der Waals surface area contributed by atoms with Gasteiger partial charge >= 0.3 is 0 Å². The van der Waals surface area contributed by atoms with Crippen molar-refractivity contribution < 1.29 is 4.74 Å². The smallest absolute Gasteiger partial charge is 0.0798 e. The molecule has 1 saturated heterocycles. The third-order valence-corrected chi connectivity index (χ3v) is 3.39. The van der Waals surface area contributed by atoms with Gasteiger partial charge in [0.15, 0.2) is 0 Å². The Hall–Kier alpha value is -0.450. The van der Waals surface area contributed by atoms with Gasteiger partial charge in [-0.3, -0.25) is 0 Å². The number of thiazole rings is 1. The molecule has 0 radical (unpaired) electrons. The van der Waals surface area contributed by atoms with E-state index in [0.29, 0.717) is 12.0 Å². The molecule has 1 N–H and O–H groups in total. The molecule has 0 aliphatic carbocycles. The van der Waals surface area contributed by atoms with Crippen molar-refractivity contribution in [1.82, 2.24) is 10.3 Å². The zero-order chi connectivity index (χ0) is 10.7. The van der Waals surface area contributed by atoms with Crippen LogP contribution in [-0.4, -0.2) is 24.7 Å². The van der Waals surface area contributed by atoms with Crippen LogP contribution < -0.4 is 5.32 Å². The molecule has 1 atom stereocenters. The molecule has 0 spiro atoms. The molecule has 0 amide bonds. The van der Waals surface area contributed by atoms with Crippen molar-refractivity contribution in [1.29, 1.82) is 0 Å². The standard InChI is InChI=1S/C11H18N2OS/c1-8(2)5-10-11(13-7-15-10)9-6-14-4-3-12-9/h7-9,12H,3-6H2,1-2H3. The molecule has 0 aromatic carbocycles. The maximum absolute atomic E-state index is 5.47. The van der Waals surface area contributed by atoms with Gasteiger partial charge in [-0.05, 0) is 12.3 Å². The molecule has 1 aliphatic rings. The third kappa shape index (κ3) is 2.77. The zero-order valence-electron chi connectivity index (χ0n) is 9.32. The average Bonchev–Trinajstić information content (AvgIpc) is 2.66. The lowest BCUT2D eigenvalue weighted by Crippen LogP contribution is -2.35. The molecule has 2 rings (SSSR count). The summed E-state index contributed by atoms with van der Waals surface area (Å²) in [5.41, 5.74) is 3.15. The van der Waals surface area contributed by atoms with Gasteiger partial charge in [-0.2, -0.15) is 0 Å². The summed E-state index contributed by atoms with van der Waals surface area (Å²) >= 11 is 1.76. The van der Waals surface area contributed by atoms with E-state index in [2.05, 4.69) is 24.1 Å². The first-order valence-electron chi connectivity index (χ1n) is 5.50. The van der Waals surface area contributed by atoms with Crippen molar-refractivity contribution in [3.05, 3.63) is 16.1 Å². The van der Waals surface area contributed by atoms with E-state index in [4.69, 9.17) is 4.74 Å². The average molecular weight is 226 g/mol. The third-order valence-electron chi connectivity index (χ3n) is 2.52. The summed E-state index contributed by atoms with van der Waals surface area (Å²) in [6, 6.07) is 0.304. The topological polar surface area (TPSA) is 34.1 Å². The molecule has 1 unspecified atom stereocenters. The quantitative estimate of drug-likeness (QED) is 0.856. The van der Waals surface area contributed by atoms with Gasteiger partial charge in [0.25, 0.3) is 0 Å². The molecule has 3 nitrogen and oxygen atoms in total. The summed E-state index contributed by atoms with van der Waals surface area (Å²) in [5.74, 6) is 0.689. The molecular formula is C11H18N2OS. The highest BCUT2D eigenvalue weighted by Crippen LogP contribution is 2.24. The van der Waals surface area contributed by atoms with E-state index in [0.717, 1.165) is 26.2 Å². The summed E-state index contributed by atoms with van der Waals surface area (Å²) in [6.45, 7) is 7.00. The summed E-state index contributed by atoms with van der Waals surface area (Å²) in [6.07, 6.45) is 1.12. The van der Waals surface area contributed by atoms with Crippen LogP contribution in [-0.2, 0) is 11.2 Å². The first kappa shape index (κ1) is 11.0. The molecule has 4 heteroatoms. The zero-order valence-corrected chi connectivity index (χ0v) is 10.1. The molecule has 0 bridgehead atoms. The largest absolute Gasteiger partial charge is 0.378 e. The van der Waals surface area contributed by atoms with Crippen LogP contribution in [0.25, 0.3) is 0 Å². The fourth-order valence-corrected chi connectivity index (χ4v) is 2.87. The summed E-state index contributed by atoms with van der Waals surface area (Å²) in [7, 11) is 0. The normalized spacial score (nSPS) is 22.2. The highest BCUT2D eigenvalue weighted by atomic mass is 32.1. The van der Waals surface area contributed by atoms with E-state index in [1.165, 1.54) is 10.6 Å². The van der Waals surface area contributed by atoms with Crippen LogP contribution in [0.2, 0.25) is 0 Å². The van der Waals surface area contributed by atoms with Crippen molar-refractivity contribution in [3.8, 4) is 0 Å². The number of aromatic nitrogens is 1. The SMILES string of the molecule is CC(C)Cc1scnc1C1COCCN1. The Balaban J connectivity index is 2.09. The number of hydrogen-bond donors (Lipinski definition) is 1. The fraction of sp³-hybridized carbons (Fsp3) is 0.727. The molecule has 15 heavy (non-hydrogen) atoms. The Morgan fingerprint density at radius 3 is 3.20 bits per heavy atom. The van der Waals surface area contributed by atoms with Crippen LogP contribution in [0.15, 0.2) is 5.51 Å². The van der Waals surface area contributed by atoms with Gasteiger partial charge in [-0.25, -0.2) is 4.98 Å². The molecular weight excluding hydrogens is 208 g/mol. The Morgan fingerprint density at radius 1 is 1.67 bits per heavy atom. The highest BCUT2D eigenvalue weighted by Gasteiger charge is 2.20. The van der Waals surface area contributed by atoms with E-state index >= 15 is 0 Å². The minimum atomic E-state index is 0.304. The van der Waals surface area contributed by atoms with Gasteiger partial charge in [0.05, 0.1) is 30.5 Å². The second kappa shape index (κ2) is 5.05. The summed E-state index contributed by atoms with van der Waals surface area (Å²) < 4.78 is 5.47. The van der Waals surface area contributed by atoms with Gasteiger partial charge in [0.1, 0.15) is 0 Å². The van der Waals surface area contributed by atoms with Crippen molar-refractivity contribution in [2.45, 2.75) is 26.3 Å². The number of nitrogens with one attached hydrogen (secondary N) is 1. The number of morpholine rings is 1. The summed E-state index contributed by atoms with van der Waals surface area (Å²) in [5, 5.41) is 3.45. The molecule has 1 aromatic rings. The van der Waals surface area contributed by atoms with Crippen LogP contribution >= 0.6 is 11.3 Å². The van der Waals surface area contributed by atoms with Gasteiger partial charge in [-0.1, -0.05) is 13.8 Å². The van der Waals surface area contributed by atoms with Crippen molar-refractivity contribution in [3.63, 3.8) is 0 Å². The summed E-state index contributed by atoms with van der Waals surface area (Å²) in [4.78, 5) is 5.88. The molecule has 0 saturated carbocycles. The monoisotopic (exact) mass is 226 g/mol. The van der Waals surface area contributed by atoms with E-state index in [9.17, 15) is 0 Å². The Labute approximate surface area is 94.9 Å². The first-order valence-corrected chi connectivity index (χ1v) is 6.38. The van der Waals surface area contributed by atoms with E-state index in [1.54, 1.807) is 11.3 Å². The Bertz CT molecular complexity index is 305. The number of rotatable bonds is 3. The lowest BCUT2D eigenvalue weighted by molar-refractivity contribution is 0.0755. The van der Waals surface area contributed by atoms with Crippen molar-refractivity contribution in [2.75, 3.05) is 19.8 Å². The first-order chi connectivity index (χ1) is 7.27. The van der Waals surface area contributed by atoms with Gasteiger partial charge < -0.3 is 10.1 Å².